The van der Waals surface area contributed by atoms with Crippen molar-refractivity contribution < 1.29 is 33.4 Å². The van der Waals surface area contributed by atoms with E-state index in [1.807, 2.05) is 23.1 Å². The normalized spacial score (nSPS) is 14.3. The molecule has 2 N–H and O–H groups in total. The zero-order chi connectivity index (χ0) is 27.1. The SMILES string of the molecule is CCN(C(=O)OCC(COC(C)=O)OC(C)=O)C(=O)C(Cc1ccsc1)CC(SS)C(N)CCSC. The number of amides is 2. The number of nitrogens with two attached hydrogens (primary N) is 1. The van der Waals surface area contributed by atoms with Crippen LogP contribution in [0.5, 0.6) is 0 Å². The molecule has 1 rings (SSSR count). The number of hydrogen-bond acceptors (Lipinski definition) is 12. The monoisotopic (exact) mass is 580 g/mol. The van der Waals surface area contributed by atoms with Crippen LogP contribution in [0.25, 0.3) is 0 Å². The lowest BCUT2D eigenvalue weighted by molar-refractivity contribution is -0.159. The number of imide groups is 1. The summed E-state index contributed by atoms with van der Waals surface area (Å²) in [6.07, 6.45) is 1.86. The molecule has 0 bridgehead atoms. The highest BCUT2D eigenvalue weighted by Crippen LogP contribution is 2.29. The molecule has 0 spiro atoms. The van der Waals surface area contributed by atoms with E-state index in [1.165, 1.54) is 36.0 Å². The molecule has 0 fully saturated rings. The van der Waals surface area contributed by atoms with E-state index < -0.39 is 30.1 Å². The smallest absolute Gasteiger partial charge is 0.416 e. The van der Waals surface area contributed by atoms with Gasteiger partial charge in [-0.1, -0.05) is 10.8 Å². The third kappa shape index (κ3) is 12.2. The summed E-state index contributed by atoms with van der Waals surface area (Å²) in [6, 6.07) is 1.81. The first-order valence-electron chi connectivity index (χ1n) is 11.5. The second-order valence-electron chi connectivity index (χ2n) is 8.05. The predicted octanol–water partition coefficient (Wildman–Crippen LogP) is 3.80. The van der Waals surface area contributed by atoms with Crippen molar-refractivity contribution >= 4 is 69.5 Å². The van der Waals surface area contributed by atoms with Crippen molar-refractivity contribution in [3.05, 3.63) is 22.4 Å². The van der Waals surface area contributed by atoms with Crippen molar-refractivity contribution in [1.29, 1.82) is 0 Å². The molecular formula is C23H36N2O7S4. The van der Waals surface area contributed by atoms with E-state index in [-0.39, 0.29) is 37.0 Å². The first-order valence-corrected chi connectivity index (χ1v) is 15.7. The van der Waals surface area contributed by atoms with Crippen LogP contribution in [0.4, 0.5) is 4.79 Å². The molecule has 0 aromatic carbocycles. The molecule has 1 aromatic rings. The maximum Gasteiger partial charge on any atom is 0.416 e. The Morgan fingerprint density at radius 1 is 1.17 bits per heavy atom. The molecule has 0 aliphatic heterocycles. The Morgan fingerprint density at radius 3 is 2.39 bits per heavy atom. The zero-order valence-electron chi connectivity index (χ0n) is 21.0. The number of carbonyl (C=O) groups is 4. The van der Waals surface area contributed by atoms with Crippen molar-refractivity contribution in [2.45, 2.75) is 57.4 Å². The first-order chi connectivity index (χ1) is 17.1. The quantitative estimate of drug-likeness (QED) is 0.129. The molecule has 0 saturated heterocycles. The fourth-order valence-corrected chi connectivity index (χ4v) is 5.91. The second kappa shape index (κ2) is 17.9. The maximum atomic E-state index is 13.6. The summed E-state index contributed by atoms with van der Waals surface area (Å²) < 4.78 is 15.2. The topological polar surface area (TPSA) is 125 Å². The van der Waals surface area contributed by atoms with Crippen LogP contribution in [0.3, 0.4) is 0 Å². The molecule has 36 heavy (non-hydrogen) atoms. The van der Waals surface area contributed by atoms with Crippen molar-refractivity contribution in [1.82, 2.24) is 4.90 Å². The lowest BCUT2D eigenvalue weighted by atomic mass is 9.92. The number of rotatable bonds is 16. The summed E-state index contributed by atoms with van der Waals surface area (Å²) in [4.78, 5) is 49.9. The summed E-state index contributed by atoms with van der Waals surface area (Å²) in [5, 5.41) is 3.83. The molecule has 1 aromatic heterocycles. The summed E-state index contributed by atoms with van der Waals surface area (Å²) in [7, 11) is 1.33. The van der Waals surface area contributed by atoms with Gasteiger partial charge in [-0.2, -0.15) is 23.1 Å². The summed E-state index contributed by atoms with van der Waals surface area (Å²) in [5.74, 6) is -1.16. The van der Waals surface area contributed by atoms with Gasteiger partial charge in [-0.3, -0.25) is 14.4 Å². The van der Waals surface area contributed by atoms with E-state index in [2.05, 4.69) is 11.7 Å². The first kappa shape index (κ1) is 32.6. The van der Waals surface area contributed by atoms with Crippen molar-refractivity contribution in [2.24, 2.45) is 11.7 Å². The van der Waals surface area contributed by atoms with Crippen LogP contribution < -0.4 is 5.73 Å². The van der Waals surface area contributed by atoms with Crippen LogP contribution >= 0.6 is 45.6 Å². The van der Waals surface area contributed by atoms with E-state index in [0.29, 0.717) is 12.8 Å². The summed E-state index contributed by atoms with van der Waals surface area (Å²) in [6.45, 7) is 3.55. The molecule has 0 saturated carbocycles. The van der Waals surface area contributed by atoms with Gasteiger partial charge >= 0.3 is 18.0 Å². The molecule has 13 heteroatoms. The van der Waals surface area contributed by atoms with Gasteiger partial charge in [0.2, 0.25) is 5.91 Å². The van der Waals surface area contributed by atoms with Crippen LogP contribution in [0.2, 0.25) is 0 Å². The number of thiophene rings is 1. The number of hydrogen-bond donors (Lipinski definition) is 2. The average Bonchev–Trinajstić information content (AvgIpc) is 3.35. The van der Waals surface area contributed by atoms with Crippen LogP contribution in [-0.4, -0.2) is 78.0 Å². The maximum absolute atomic E-state index is 13.6. The summed E-state index contributed by atoms with van der Waals surface area (Å²) in [5.41, 5.74) is 7.40. The van der Waals surface area contributed by atoms with Gasteiger partial charge in [0, 0.05) is 37.6 Å². The molecule has 9 nitrogen and oxygen atoms in total. The van der Waals surface area contributed by atoms with E-state index in [0.717, 1.165) is 22.6 Å². The second-order valence-corrected chi connectivity index (χ2v) is 11.3. The number of carbonyl (C=O) groups excluding carboxylic acids is 4. The Labute approximate surface area is 230 Å². The molecule has 4 atom stereocenters. The minimum Gasteiger partial charge on any atom is -0.462 e. The number of ether oxygens (including phenoxy) is 3. The van der Waals surface area contributed by atoms with E-state index >= 15 is 0 Å². The van der Waals surface area contributed by atoms with Gasteiger partial charge in [0.1, 0.15) is 13.2 Å². The van der Waals surface area contributed by atoms with Gasteiger partial charge in [0.05, 0.1) is 0 Å². The van der Waals surface area contributed by atoms with Gasteiger partial charge in [0.25, 0.3) is 0 Å². The third-order valence-electron chi connectivity index (χ3n) is 5.20. The third-order valence-corrected chi connectivity index (χ3v) is 8.20. The van der Waals surface area contributed by atoms with Gasteiger partial charge in [-0.05, 0) is 60.6 Å². The standard InChI is InChI=1S/C23H36N2O7S4/c1-5-25(23(29)31-13-19(32-16(3)27)12-30-15(2)26)22(28)18(10-17-6-9-35-14-17)11-21(36-33)20(24)7-8-34-4/h6,9,14,18-21,33H,5,7-8,10-13,24H2,1-4H3. The van der Waals surface area contributed by atoms with Crippen molar-refractivity contribution in [2.75, 3.05) is 31.8 Å². The summed E-state index contributed by atoms with van der Waals surface area (Å²) >= 11 is 7.65. The average molecular weight is 581 g/mol. The molecule has 204 valence electrons. The minimum atomic E-state index is -0.981. The molecule has 0 aliphatic carbocycles. The highest BCUT2D eigenvalue weighted by molar-refractivity contribution is 8.68. The van der Waals surface area contributed by atoms with E-state index in [4.69, 9.17) is 19.9 Å². The number of esters is 2. The van der Waals surface area contributed by atoms with Crippen molar-refractivity contribution in [3.8, 4) is 0 Å². The van der Waals surface area contributed by atoms with Crippen molar-refractivity contribution in [3.63, 3.8) is 0 Å². The highest BCUT2D eigenvalue weighted by Gasteiger charge is 2.33. The molecule has 0 radical (unpaired) electrons. The van der Waals surface area contributed by atoms with E-state index in [9.17, 15) is 19.2 Å². The Kier molecular flexibility index (Phi) is 16.3. The van der Waals surface area contributed by atoms with Gasteiger partial charge in [0.15, 0.2) is 6.10 Å². The number of nitrogens with zero attached hydrogens (tertiary/aromatic N) is 1. The molecular weight excluding hydrogens is 545 g/mol. The van der Waals surface area contributed by atoms with Gasteiger partial charge in [-0.25, -0.2) is 9.69 Å². The largest absolute Gasteiger partial charge is 0.462 e. The van der Waals surface area contributed by atoms with Crippen LogP contribution in [0.1, 0.15) is 39.2 Å². The van der Waals surface area contributed by atoms with Gasteiger partial charge in [-0.15, -0.1) is 11.7 Å². The molecule has 2 amide bonds. The Balaban J connectivity index is 2.97. The minimum absolute atomic E-state index is 0.0835. The van der Waals surface area contributed by atoms with Crippen LogP contribution in [0, 0.1) is 5.92 Å². The van der Waals surface area contributed by atoms with Crippen LogP contribution in [-0.2, 0) is 35.0 Å². The Bertz CT molecular complexity index is 825. The van der Waals surface area contributed by atoms with Crippen LogP contribution in [0.15, 0.2) is 16.8 Å². The molecule has 1 heterocycles. The lowest BCUT2D eigenvalue weighted by Crippen LogP contribution is -2.45. The zero-order valence-corrected chi connectivity index (χ0v) is 24.4. The fourth-order valence-electron chi connectivity index (χ4n) is 3.38. The Hall–Kier alpha value is -1.41. The Morgan fingerprint density at radius 2 is 1.86 bits per heavy atom. The number of thioether (sulfide) groups is 1. The van der Waals surface area contributed by atoms with E-state index in [1.54, 1.807) is 18.7 Å². The molecule has 0 aliphatic rings. The van der Waals surface area contributed by atoms with Gasteiger partial charge < -0.3 is 19.9 Å². The number of thiol groups is 1. The lowest BCUT2D eigenvalue weighted by Gasteiger charge is -2.29. The fraction of sp³-hybridized carbons (Fsp3) is 0.652. The predicted molar refractivity (Wildman–Crippen MR) is 148 cm³/mol. The molecule has 4 unspecified atom stereocenters. The highest BCUT2D eigenvalue weighted by atomic mass is 33.1.